The largest absolute Gasteiger partial charge is 0.435 e. The van der Waals surface area contributed by atoms with E-state index >= 15 is 0 Å². The van der Waals surface area contributed by atoms with Crippen molar-refractivity contribution in [1.82, 2.24) is 14.7 Å². The maximum absolute atomic E-state index is 14.1. The molecule has 1 fully saturated rings. The van der Waals surface area contributed by atoms with Crippen LogP contribution in [0, 0.1) is 11.7 Å². The summed E-state index contributed by atoms with van der Waals surface area (Å²) in [6, 6.07) is 13.6. The third kappa shape index (κ3) is 5.02. The molecule has 5 nitrogen and oxygen atoms in total. The third-order valence-corrected chi connectivity index (χ3v) is 5.55. The van der Waals surface area contributed by atoms with Gasteiger partial charge in [-0.3, -0.25) is 4.79 Å². The number of benzene rings is 2. The lowest BCUT2D eigenvalue weighted by Crippen LogP contribution is -2.33. The van der Waals surface area contributed by atoms with Crippen molar-refractivity contribution in [3.05, 3.63) is 77.2 Å². The van der Waals surface area contributed by atoms with E-state index in [0.717, 1.165) is 12.8 Å². The molecule has 1 aliphatic rings. The fourth-order valence-corrected chi connectivity index (χ4v) is 3.82. The summed E-state index contributed by atoms with van der Waals surface area (Å²) in [5.41, 5.74) is -0.390. The number of amides is 1. The van der Waals surface area contributed by atoms with Crippen LogP contribution in [0.25, 0.3) is 5.69 Å². The molecule has 1 heterocycles. The quantitative estimate of drug-likeness (QED) is 0.458. The molecule has 0 atom stereocenters. The smallest absolute Gasteiger partial charge is 0.362 e. The van der Waals surface area contributed by atoms with Crippen molar-refractivity contribution < 1.29 is 22.4 Å². The molecule has 4 rings (SSSR count). The Morgan fingerprint density at radius 2 is 1.70 bits per heavy atom. The Balaban J connectivity index is 1.80. The highest BCUT2D eigenvalue weighted by Crippen LogP contribution is 2.39. The predicted octanol–water partition coefficient (Wildman–Crippen LogP) is 5.15. The zero-order valence-corrected chi connectivity index (χ0v) is 18.3. The maximum Gasteiger partial charge on any atom is 0.435 e. The molecule has 0 bridgehead atoms. The van der Waals surface area contributed by atoms with E-state index in [1.165, 1.54) is 33.8 Å². The number of halogens is 4. The summed E-state index contributed by atoms with van der Waals surface area (Å²) in [7, 11) is 3.29. The summed E-state index contributed by atoms with van der Waals surface area (Å²) in [6.45, 7) is 0.0682. The van der Waals surface area contributed by atoms with E-state index in [9.17, 15) is 22.4 Å². The Morgan fingerprint density at radius 3 is 2.24 bits per heavy atom. The second-order valence-electron chi connectivity index (χ2n) is 8.43. The van der Waals surface area contributed by atoms with Crippen molar-refractivity contribution >= 4 is 11.7 Å². The van der Waals surface area contributed by atoms with Crippen molar-refractivity contribution in [3.63, 3.8) is 0 Å². The lowest BCUT2D eigenvalue weighted by molar-refractivity contribution is -0.142. The molecular formula is C24H24F4N4O. The van der Waals surface area contributed by atoms with Crippen molar-refractivity contribution in [3.8, 4) is 5.69 Å². The molecule has 3 aromatic rings. The van der Waals surface area contributed by atoms with Crippen molar-refractivity contribution in [2.75, 3.05) is 25.5 Å². The number of anilines is 1. The van der Waals surface area contributed by atoms with Gasteiger partial charge in [-0.05, 0) is 55.2 Å². The molecule has 33 heavy (non-hydrogen) atoms. The summed E-state index contributed by atoms with van der Waals surface area (Å²) >= 11 is 0. The van der Waals surface area contributed by atoms with Crippen molar-refractivity contribution in [2.24, 2.45) is 5.92 Å². The lowest BCUT2D eigenvalue weighted by Gasteiger charge is -2.25. The highest BCUT2D eigenvalue weighted by molar-refractivity contribution is 5.94. The highest BCUT2D eigenvalue weighted by Gasteiger charge is 2.41. The van der Waals surface area contributed by atoms with Crippen LogP contribution < -0.4 is 4.90 Å². The summed E-state index contributed by atoms with van der Waals surface area (Å²) in [4.78, 5) is 16.2. The average Bonchev–Trinajstić information content (AvgIpc) is 3.50. The summed E-state index contributed by atoms with van der Waals surface area (Å²) in [5.74, 6) is -0.428. The first-order valence-corrected chi connectivity index (χ1v) is 10.6. The zero-order chi connectivity index (χ0) is 23.8. The first kappa shape index (κ1) is 22.8. The number of hydrogen-bond donors (Lipinski definition) is 0. The molecule has 174 valence electrons. The molecular weight excluding hydrogens is 436 g/mol. The Morgan fingerprint density at radius 1 is 1.06 bits per heavy atom. The molecule has 0 N–H and O–H groups in total. The van der Waals surface area contributed by atoms with Gasteiger partial charge in [0.1, 0.15) is 11.6 Å². The Hall–Kier alpha value is -3.36. The molecule has 1 saturated carbocycles. The first-order valence-electron chi connectivity index (χ1n) is 10.6. The SMILES string of the molecule is CN(C)c1c(CN(CC2CC2)C(=O)c2ccc(F)cc2)c(C(F)(F)F)nn1-c1ccccc1. The lowest BCUT2D eigenvalue weighted by atomic mass is 10.1. The summed E-state index contributed by atoms with van der Waals surface area (Å²) in [6.07, 6.45) is -2.86. The van der Waals surface area contributed by atoms with Gasteiger partial charge >= 0.3 is 6.18 Å². The minimum atomic E-state index is -4.70. The van der Waals surface area contributed by atoms with Crippen molar-refractivity contribution in [2.45, 2.75) is 25.6 Å². The summed E-state index contributed by atoms with van der Waals surface area (Å²) < 4.78 is 56.8. The molecule has 1 amide bonds. The van der Waals surface area contributed by atoms with Crippen LogP contribution in [-0.2, 0) is 12.7 Å². The topological polar surface area (TPSA) is 41.4 Å². The molecule has 0 saturated heterocycles. The molecule has 9 heteroatoms. The van der Waals surface area contributed by atoms with Crippen LogP contribution in [0.3, 0.4) is 0 Å². The highest BCUT2D eigenvalue weighted by atomic mass is 19.4. The van der Waals surface area contributed by atoms with Gasteiger partial charge in [-0.15, -0.1) is 0 Å². The summed E-state index contributed by atoms with van der Waals surface area (Å²) in [5, 5.41) is 3.93. The Kier molecular flexibility index (Phi) is 6.14. The number of carbonyl (C=O) groups excluding carboxylic acids is 1. The Labute approximate surface area is 189 Å². The van der Waals surface area contributed by atoms with Crippen LogP contribution in [-0.4, -0.2) is 41.2 Å². The van der Waals surface area contributed by atoms with Gasteiger partial charge in [0.2, 0.25) is 0 Å². The van der Waals surface area contributed by atoms with E-state index in [-0.39, 0.29) is 29.4 Å². The monoisotopic (exact) mass is 460 g/mol. The molecule has 1 aliphatic carbocycles. The van der Waals surface area contributed by atoms with Gasteiger partial charge in [0.25, 0.3) is 5.91 Å². The van der Waals surface area contributed by atoms with E-state index in [2.05, 4.69) is 5.10 Å². The average molecular weight is 460 g/mol. The zero-order valence-electron chi connectivity index (χ0n) is 18.3. The molecule has 0 unspecified atom stereocenters. The standard InChI is InChI=1S/C24H24F4N4O/c1-30(2)22-20(21(24(26,27)28)29-32(22)19-6-4-3-5-7-19)15-31(14-16-8-9-16)23(33)17-10-12-18(25)13-11-17/h3-7,10-13,16H,8-9,14-15H2,1-2H3. The van der Waals surface area contributed by atoms with Gasteiger partial charge in [-0.25, -0.2) is 9.07 Å². The molecule has 1 aromatic heterocycles. The van der Waals surface area contributed by atoms with Crippen molar-refractivity contribution in [1.29, 1.82) is 0 Å². The van der Waals surface area contributed by atoms with E-state index in [0.29, 0.717) is 12.2 Å². The fourth-order valence-electron chi connectivity index (χ4n) is 3.82. The van der Waals surface area contributed by atoms with Gasteiger partial charge < -0.3 is 9.80 Å². The third-order valence-electron chi connectivity index (χ3n) is 5.55. The normalized spacial score (nSPS) is 13.8. The van der Waals surface area contributed by atoms with Crippen LogP contribution >= 0.6 is 0 Å². The van der Waals surface area contributed by atoms with Crippen LogP contribution in [0.15, 0.2) is 54.6 Å². The second kappa shape index (κ2) is 8.88. The van der Waals surface area contributed by atoms with Crippen LogP contribution in [0.4, 0.5) is 23.4 Å². The number of rotatable bonds is 7. The molecule has 2 aromatic carbocycles. The number of nitrogens with zero attached hydrogens (tertiary/aromatic N) is 4. The fraction of sp³-hybridized carbons (Fsp3) is 0.333. The molecule has 0 radical (unpaired) electrons. The minimum Gasteiger partial charge on any atom is -0.362 e. The number of aromatic nitrogens is 2. The van der Waals surface area contributed by atoms with E-state index in [4.69, 9.17) is 0 Å². The second-order valence-corrected chi connectivity index (χ2v) is 8.43. The first-order chi connectivity index (χ1) is 15.6. The van der Waals surface area contributed by atoms with E-state index < -0.39 is 23.6 Å². The number of para-hydroxylation sites is 1. The van der Waals surface area contributed by atoms with Gasteiger partial charge in [-0.1, -0.05) is 18.2 Å². The number of carbonyl (C=O) groups is 1. The Bertz CT molecular complexity index is 1120. The van der Waals surface area contributed by atoms with Gasteiger partial charge in [0, 0.05) is 31.8 Å². The molecule has 0 aliphatic heterocycles. The number of hydrogen-bond acceptors (Lipinski definition) is 3. The predicted molar refractivity (Wildman–Crippen MR) is 117 cm³/mol. The van der Waals surface area contributed by atoms with Crippen LogP contribution in [0.2, 0.25) is 0 Å². The number of alkyl halides is 3. The van der Waals surface area contributed by atoms with Crippen LogP contribution in [0.5, 0.6) is 0 Å². The maximum atomic E-state index is 14.1. The van der Waals surface area contributed by atoms with E-state index in [1.807, 2.05) is 0 Å². The van der Waals surface area contributed by atoms with Gasteiger partial charge in [-0.2, -0.15) is 18.3 Å². The minimum absolute atomic E-state index is 0.0764. The van der Waals surface area contributed by atoms with Gasteiger partial charge in [0.15, 0.2) is 5.69 Å². The van der Waals surface area contributed by atoms with Crippen LogP contribution in [0.1, 0.15) is 34.5 Å². The van der Waals surface area contributed by atoms with E-state index in [1.54, 1.807) is 49.3 Å². The molecule has 0 spiro atoms. The van der Waals surface area contributed by atoms with Gasteiger partial charge in [0.05, 0.1) is 12.2 Å².